The quantitative estimate of drug-likeness (QED) is 0.757. The van der Waals surface area contributed by atoms with Gasteiger partial charge in [-0.3, -0.25) is 0 Å². The van der Waals surface area contributed by atoms with Crippen molar-refractivity contribution in [3.63, 3.8) is 0 Å². The number of hydrogen-bond acceptors (Lipinski definition) is 2. The Morgan fingerprint density at radius 1 is 1.44 bits per heavy atom. The first-order valence-corrected chi connectivity index (χ1v) is 7.03. The second-order valence-corrected chi connectivity index (χ2v) is 6.08. The predicted molar refractivity (Wildman–Crippen MR) is 77.6 cm³/mol. The molecule has 2 nitrogen and oxygen atoms in total. The van der Waals surface area contributed by atoms with Crippen molar-refractivity contribution in [3.8, 4) is 0 Å². The van der Waals surface area contributed by atoms with Gasteiger partial charge in [0.05, 0.1) is 11.7 Å². The first-order chi connectivity index (χ1) is 8.41. The van der Waals surface area contributed by atoms with Gasteiger partial charge in [0.2, 0.25) is 0 Å². The lowest BCUT2D eigenvalue weighted by Gasteiger charge is -2.43. The molecule has 1 aliphatic heterocycles. The van der Waals surface area contributed by atoms with Crippen molar-refractivity contribution in [2.45, 2.75) is 45.3 Å². The molecule has 1 aromatic rings. The fourth-order valence-electron chi connectivity index (χ4n) is 2.68. The third kappa shape index (κ3) is 2.99. The number of benzene rings is 1. The van der Waals surface area contributed by atoms with E-state index in [1.54, 1.807) is 0 Å². The third-order valence-electron chi connectivity index (χ3n) is 3.40. The number of rotatable bonds is 2. The highest BCUT2D eigenvalue weighted by atomic mass is 35.5. The molecule has 0 bridgehead atoms. The van der Waals surface area contributed by atoms with Crippen LogP contribution < -0.4 is 4.90 Å². The van der Waals surface area contributed by atoms with Crippen molar-refractivity contribution >= 4 is 17.3 Å². The van der Waals surface area contributed by atoms with Crippen LogP contribution in [0.2, 0.25) is 0 Å². The number of halogens is 1. The molecular formula is C15H22ClNO. The molecule has 1 atom stereocenters. The molecule has 0 radical (unpaired) electrons. The monoisotopic (exact) mass is 267 g/mol. The van der Waals surface area contributed by atoms with Gasteiger partial charge in [-0.15, -0.1) is 11.6 Å². The highest BCUT2D eigenvalue weighted by Gasteiger charge is 2.31. The van der Waals surface area contributed by atoms with Gasteiger partial charge in [0, 0.05) is 24.7 Å². The van der Waals surface area contributed by atoms with Crippen molar-refractivity contribution in [1.29, 1.82) is 0 Å². The molecule has 1 aromatic carbocycles. The number of alkyl halides is 1. The van der Waals surface area contributed by atoms with Gasteiger partial charge in [-0.1, -0.05) is 6.07 Å². The number of morpholine rings is 1. The lowest BCUT2D eigenvalue weighted by molar-refractivity contribution is -0.0749. The molecule has 100 valence electrons. The summed E-state index contributed by atoms with van der Waals surface area (Å²) >= 11 is 5.91. The summed E-state index contributed by atoms with van der Waals surface area (Å²) in [5, 5.41) is 0. The van der Waals surface area contributed by atoms with E-state index >= 15 is 0 Å². The molecular weight excluding hydrogens is 246 g/mol. The lowest BCUT2D eigenvalue weighted by atomic mass is 10.0. The van der Waals surface area contributed by atoms with E-state index in [9.17, 15) is 0 Å². The highest BCUT2D eigenvalue weighted by molar-refractivity contribution is 6.17. The molecule has 1 unspecified atom stereocenters. The van der Waals surface area contributed by atoms with E-state index in [0.29, 0.717) is 5.88 Å². The zero-order valence-electron chi connectivity index (χ0n) is 11.7. The first-order valence-electron chi connectivity index (χ1n) is 6.49. The Morgan fingerprint density at radius 2 is 2.17 bits per heavy atom. The van der Waals surface area contributed by atoms with Crippen molar-refractivity contribution < 1.29 is 4.74 Å². The minimum Gasteiger partial charge on any atom is -0.369 e. The fraction of sp³-hybridized carbons (Fsp3) is 0.600. The standard InChI is InChI=1S/C15H22ClNO/c1-11-7-14(6-5-13(11)8-16)17-9-12(2)18-15(3,4)10-17/h5-7,12H,8-10H2,1-4H3. The summed E-state index contributed by atoms with van der Waals surface area (Å²) in [5.74, 6) is 0.580. The van der Waals surface area contributed by atoms with Crippen molar-refractivity contribution in [2.75, 3.05) is 18.0 Å². The molecule has 0 saturated carbocycles. The predicted octanol–water partition coefficient (Wildman–Crippen LogP) is 3.74. The Labute approximate surface area is 115 Å². The normalized spacial score (nSPS) is 23.2. The van der Waals surface area contributed by atoms with E-state index in [-0.39, 0.29) is 11.7 Å². The second kappa shape index (κ2) is 5.10. The van der Waals surface area contributed by atoms with Gasteiger partial charge in [-0.2, -0.15) is 0 Å². The molecule has 1 aliphatic rings. The first kappa shape index (κ1) is 13.7. The molecule has 1 heterocycles. The average molecular weight is 268 g/mol. The Balaban J connectivity index is 2.23. The van der Waals surface area contributed by atoms with Gasteiger partial charge >= 0.3 is 0 Å². The lowest BCUT2D eigenvalue weighted by Crippen LogP contribution is -2.52. The Bertz CT molecular complexity index is 431. The van der Waals surface area contributed by atoms with Crippen LogP contribution in [0.15, 0.2) is 18.2 Å². The van der Waals surface area contributed by atoms with E-state index in [0.717, 1.165) is 13.1 Å². The number of ether oxygens (including phenoxy) is 1. The molecule has 0 amide bonds. The van der Waals surface area contributed by atoms with Gasteiger partial charge in [0.1, 0.15) is 0 Å². The summed E-state index contributed by atoms with van der Waals surface area (Å²) in [6.45, 7) is 10.4. The topological polar surface area (TPSA) is 12.5 Å². The molecule has 1 fully saturated rings. The van der Waals surface area contributed by atoms with Crippen LogP contribution in [0.5, 0.6) is 0 Å². The number of nitrogens with zero attached hydrogens (tertiary/aromatic N) is 1. The summed E-state index contributed by atoms with van der Waals surface area (Å²) in [7, 11) is 0. The van der Waals surface area contributed by atoms with Crippen LogP contribution >= 0.6 is 11.6 Å². The number of aryl methyl sites for hydroxylation is 1. The van der Waals surface area contributed by atoms with E-state index in [2.05, 4.69) is 50.8 Å². The molecule has 3 heteroatoms. The van der Waals surface area contributed by atoms with Gasteiger partial charge in [-0.05, 0) is 51.0 Å². The third-order valence-corrected chi connectivity index (χ3v) is 3.69. The summed E-state index contributed by atoms with van der Waals surface area (Å²) in [4.78, 5) is 2.40. The fourth-order valence-corrected chi connectivity index (χ4v) is 2.98. The van der Waals surface area contributed by atoms with Crippen LogP contribution in [0.1, 0.15) is 31.9 Å². The number of anilines is 1. The largest absolute Gasteiger partial charge is 0.369 e. The van der Waals surface area contributed by atoms with E-state index in [4.69, 9.17) is 16.3 Å². The maximum atomic E-state index is 5.94. The van der Waals surface area contributed by atoms with Crippen LogP contribution in [0.25, 0.3) is 0 Å². The molecule has 0 aromatic heterocycles. The molecule has 0 aliphatic carbocycles. The molecule has 0 N–H and O–H groups in total. The van der Waals surface area contributed by atoms with Gasteiger partial charge in [0.15, 0.2) is 0 Å². The minimum atomic E-state index is -0.0866. The van der Waals surface area contributed by atoms with Crippen LogP contribution in [-0.2, 0) is 10.6 Å². The molecule has 1 saturated heterocycles. The Hall–Kier alpha value is -0.730. The van der Waals surface area contributed by atoms with E-state index < -0.39 is 0 Å². The smallest absolute Gasteiger partial charge is 0.0805 e. The summed E-state index contributed by atoms with van der Waals surface area (Å²) in [5.41, 5.74) is 3.65. The number of hydrogen-bond donors (Lipinski definition) is 0. The van der Waals surface area contributed by atoms with Crippen LogP contribution in [0.3, 0.4) is 0 Å². The zero-order chi connectivity index (χ0) is 13.3. The van der Waals surface area contributed by atoms with Crippen LogP contribution in [0.4, 0.5) is 5.69 Å². The SMILES string of the molecule is Cc1cc(N2CC(C)OC(C)(C)C2)ccc1CCl. The maximum absolute atomic E-state index is 5.94. The maximum Gasteiger partial charge on any atom is 0.0805 e. The highest BCUT2D eigenvalue weighted by Crippen LogP contribution is 2.27. The van der Waals surface area contributed by atoms with E-state index in [1.807, 2.05) is 0 Å². The second-order valence-electron chi connectivity index (χ2n) is 5.81. The summed E-state index contributed by atoms with van der Waals surface area (Å²) in [6, 6.07) is 6.52. The van der Waals surface area contributed by atoms with Gasteiger partial charge in [-0.25, -0.2) is 0 Å². The van der Waals surface area contributed by atoms with Crippen LogP contribution in [0, 0.1) is 6.92 Å². The Kier molecular flexibility index (Phi) is 3.88. The minimum absolute atomic E-state index is 0.0866. The van der Waals surface area contributed by atoms with Crippen molar-refractivity contribution in [1.82, 2.24) is 0 Å². The zero-order valence-corrected chi connectivity index (χ0v) is 12.4. The average Bonchev–Trinajstić information content (AvgIpc) is 2.26. The van der Waals surface area contributed by atoms with Gasteiger partial charge in [0.25, 0.3) is 0 Å². The summed E-state index contributed by atoms with van der Waals surface area (Å²) < 4.78 is 5.94. The summed E-state index contributed by atoms with van der Waals surface area (Å²) in [6.07, 6.45) is 0.266. The van der Waals surface area contributed by atoms with Gasteiger partial charge < -0.3 is 9.64 Å². The van der Waals surface area contributed by atoms with Crippen molar-refractivity contribution in [2.24, 2.45) is 0 Å². The molecule has 18 heavy (non-hydrogen) atoms. The van der Waals surface area contributed by atoms with Crippen LogP contribution in [-0.4, -0.2) is 24.8 Å². The van der Waals surface area contributed by atoms with E-state index in [1.165, 1.54) is 16.8 Å². The van der Waals surface area contributed by atoms with Crippen molar-refractivity contribution in [3.05, 3.63) is 29.3 Å². The molecule has 0 spiro atoms. The molecule has 2 rings (SSSR count). The Morgan fingerprint density at radius 3 is 2.72 bits per heavy atom.